The summed E-state index contributed by atoms with van der Waals surface area (Å²) in [5.74, 6) is -0.873. The topological polar surface area (TPSA) is 78.9 Å². The number of carbonyl (C=O) groups is 3. The van der Waals surface area contributed by atoms with Crippen molar-refractivity contribution in [2.75, 3.05) is 13.2 Å². The molecular formula is C60H110O6. The maximum atomic E-state index is 12.9. The van der Waals surface area contributed by atoms with Crippen molar-refractivity contribution in [2.45, 2.75) is 316 Å². The zero-order valence-electron chi connectivity index (χ0n) is 44.2. The second kappa shape index (κ2) is 55.2. The molecule has 0 fully saturated rings. The summed E-state index contributed by atoms with van der Waals surface area (Å²) in [5.41, 5.74) is 0. The third-order valence-electron chi connectivity index (χ3n) is 12.9. The van der Waals surface area contributed by atoms with Crippen molar-refractivity contribution < 1.29 is 28.6 Å². The van der Waals surface area contributed by atoms with E-state index in [1.165, 1.54) is 193 Å². The number of allylic oxidation sites excluding steroid dienone is 6. The molecule has 0 aromatic heterocycles. The summed E-state index contributed by atoms with van der Waals surface area (Å²) in [5, 5.41) is 0. The van der Waals surface area contributed by atoms with Gasteiger partial charge in [0.05, 0.1) is 0 Å². The third kappa shape index (κ3) is 52.6. The molecule has 6 heteroatoms. The van der Waals surface area contributed by atoms with E-state index >= 15 is 0 Å². The highest BCUT2D eigenvalue weighted by Crippen LogP contribution is 2.16. The highest BCUT2D eigenvalue weighted by atomic mass is 16.6. The van der Waals surface area contributed by atoms with Gasteiger partial charge in [0, 0.05) is 19.3 Å². The molecule has 0 aromatic rings. The van der Waals surface area contributed by atoms with Gasteiger partial charge in [-0.3, -0.25) is 14.4 Å². The molecule has 0 spiro atoms. The van der Waals surface area contributed by atoms with Crippen molar-refractivity contribution in [1.29, 1.82) is 0 Å². The van der Waals surface area contributed by atoms with E-state index in [-0.39, 0.29) is 31.1 Å². The van der Waals surface area contributed by atoms with Gasteiger partial charge in [0.25, 0.3) is 0 Å². The van der Waals surface area contributed by atoms with Crippen LogP contribution in [-0.2, 0) is 28.6 Å². The van der Waals surface area contributed by atoms with E-state index in [9.17, 15) is 14.4 Å². The molecule has 0 radical (unpaired) electrons. The van der Waals surface area contributed by atoms with Crippen LogP contribution in [-0.4, -0.2) is 37.2 Å². The van der Waals surface area contributed by atoms with Crippen LogP contribution in [0.2, 0.25) is 0 Å². The van der Waals surface area contributed by atoms with Gasteiger partial charge in [-0.2, -0.15) is 0 Å². The summed E-state index contributed by atoms with van der Waals surface area (Å²) < 4.78 is 16.9. The molecule has 0 N–H and O–H groups in total. The molecule has 0 rings (SSSR count). The van der Waals surface area contributed by atoms with Crippen LogP contribution in [0.25, 0.3) is 0 Å². The van der Waals surface area contributed by atoms with E-state index in [4.69, 9.17) is 14.2 Å². The largest absolute Gasteiger partial charge is 0.462 e. The Morgan fingerprint density at radius 3 is 0.879 bits per heavy atom. The molecule has 0 aromatic carbocycles. The Balaban J connectivity index is 4.36. The van der Waals surface area contributed by atoms with Crippen molar-refractivity contribution >= 4 is 17.9 Å². The Hall–Kier alpha value is -2.37. The van der Waals surface area contributed by atoms with Crippen molar-refractivity contribution in [1.82, 2.24) is 0 Å². The Labute approximate surface area is 410 Å². The van der Waals surface area contributed by atoms with Crippen LogP contribution < -0.4 is 0 Å². The Kier molecular flexibility index (Phi) is 53.2. The third-order valence-corrected chi connectivity index (χ3v) is 12.9. The Morgan fingerprint density at radius 2 is 0.545 bits per heavy atom. The quantitative estimate of drug-likeness (QED) is 0.0262. The van der Waals surface area contributed by atoms with Gasteiger partial charge in [0.15, 0.2) is 6.10 Å². The van der Waals surface area contributed by atoms with Gasteiger partial charge in [-0.25, -0.2) is 0 Å². The minimum Gasteiger partial charge on any atom is -0.462 e. The lowest BCUT2D eigenvalue weighted by atomic mass is 10.0. The predicted octanol–water partition coefficient (Wildman–Crippen LogP) is 19.3. The molecule has 386 valence electrons. The van der Waals surface area contributed by atoms with Gasteiger partial charge in [0.1, 0.15) is 13.2 Å². The lowest BCUT2D eigenvalue weighted by Crippen LogP contribution is -2.30. The lowest BCUT2D eigenvalue weighted by molar-refractivity contribution is -0.167. The fourth-order valence-corrected chi connectivity index (χ4v) is 8.47. The first kappa shape index (κ1) is 63.6. The fraction of sp³-hybridized carbons (Fsp3) is 0.850. The Morgan fingerprint density at radius 1 is 0.303 bits per heavy atom. The number of hydrogen-bond donors (Lipinski definition) is 0. The molecule has 0 aliphatic carbocycles. The number of unbranched alkanes of at least 4 members (excludes halogenated alkanes) is 36. The smallest absolute Gasteiger partial charge is 0.306 e. The number of hydrogen-bond acceptors (Lipinski definition) is 6. The monoisotopic (exact) mass is 927 g/mol. The van der Waals surface area contributed by atoms with Crippen molar-refractivity contribution in [2.24, 2.45) is 0 Å². The molecule has 66 heavy (non-hydrogen) atoms. The van der Waals surface area contributed by atoms with Crippen LogP contribution in [0.3, 0.4) is 0 Å². The van der Waals surface area contributed by atoms with Gasteiger partial charge in [-0.1, -0.05) is 250 Å². The molecule has 0 heterocycles. The molecule has 0 saturated carbocycles. The maximum absolute atomic E-state index is 12.9. The van der Waals surface area contributed by atoms with Crippen LogP contribution in [0.15, 0.2) is 36.5 Å². The number of rotatable bonds is 53. The molecule has 0 unspecified atom stereocenters. The van der Waals surface area contributed by atoms with E-state index in [0.717, 1.165) is 77.0 Å². The van der Waals surface area contributed by atoms with Gasteiger partial charge in [-0.15, -0.1) is 0 Å². The van der Waals surface area contributed by atoms with Crippen LogP contribution >= 0.6 is 0 Å². The van der Waals surface area contributed by atoms with Crippen molar-refractivity contribution in [3.8, 4) is 0 Å². The molecule has 0 aliphatic rings. The first-order valence-electron chi connectivity index (χ1n) is 29.0. The molecule has 0 amide bonds. The lowest BCUT2D eigenvalue weighted by Gasteiger charge is -2.18. The number of esters is 3. The normalized spacial score (nSPS) is 12.2. The molecule has 1 atom stereocenters. The van der Waals surface area contributed by atoms with E-state index in [0.29, 0.717) is 19.3 Å². The zero-order valence-corrected chi connectivity index (χ0v) is 44.2. The summed E-state index contributed by atoms with van der Waals surface area (Å²) in [4.78, 5) is 38.1. The summed E-state index contributed by atoms with van der Waals surface area (Å²) >= 11 is 0. The zero-order chi connectivity index (χ0) is 47.9. The van der Waals surface area contributed by atoms with Gasteiger partial charge >= 0.3 is 17.9 Å². The van der Waals surface area contributed by atoms with Gasteiger partial charge < -0.3 is 14.2 Å². The summed E-state index contributed by atoms with van der Waals surface area (Å²) in [7, 11) is 0. The minimum atomic E-state index is -0.776. The van der Waals surface area contributed by atoms with E-state index in [1.54, 1.807) is 0 Å². The average Bonchev–Trinajstić information content (AvgIpc) is 3.31. The highest BCUT2D eigenvalue weighted by Gasteiger charge is 2.19. The summed E-state index contributed by atoms with van der Waals surface area (Å²) in [6.45, 7) is 6.64. The molecule has 0 aliphatic heterocycles. The minimum absolute atomic E-state index is 0.0755. The predicted molar refractivity (Wildman–Crippen MR) is 284 cm³/mol. The molecule has 0 bridgehead atoms. The second-order valence-electron chi connectivity index (χ2n) is 19.6. The molecular weight excluding hydrogens is 817 g/mol. The van der Waals surface area contributed by atoms with E-state index in [1.807, 2.05) is 0 Å². The van der Waals surface area contributed by atoms with Crippen LogP contribution in [0.4, 0.5) is 0 Å². The van der Waals surface area contributed by atoms with Gasteiger partial charge in [-0.05, 0) is 77.0 Å². The first-order valence-corrected chi connectivity index (χ1v) is 29.0. The maximum Gasteiger partial charge on any atom is 0.306 e. The first-order chi connectivity index (χ1) is 32.5. The highest BCUT2D eigenvalue weighted by molar-refractivity contribution is 5.71. The molecule has 0 saturated heterocycles. The van der Waals surface area contributed by atoms with Crippen molar-refractivity contribution in [3.05, 3.63) is 36.5 Å². The fourth-order valence-electron chi connectivity index (χ4n) is 8.47. The standard InChI is InChI=1S/C60H110O6/c1-4-7-10-13-16-19-22-25-28-30-33-35-38-41-44-47-50-53-59(62)65-56-57(55-64-58(61)52-49-46-43-40-37-34-31-27-24-21-18-15-12-9-6-3)66-60(63)54-51-48-45-42-39-36-32-29-26-23-20-17-14-11-8-5-2/h16,19,25,27-28,31,57H,4-15,17-18,20-24,26,29-30,32-56H2,1-3H3/b19-16-,28-25-,31-27-/t57-/m1/s1. The molecule has 6 nitrogen and oxygen atoms in total. The van der Waals surface area contributed by atoms with E-state index in [2.05, 4.69) is 57.2 Å². The van der Waals surface area contributed by atoms with Crippen LogP contribution in [0.1, 0.15) is 310 Å². The van der Waals surface area contributed by atoms with E-state index < -0.39 is 6.10 Å². The van der Waals surface area contributed by atoms with Gasteiger partial charge in [0.2, 0.25) is 0 Å². The second-order valence-corrected chi connectivity index (χ2v) is 19.6. The SMILES string of the molecule is CCCCC/C=C\C/C=C\CCCCCCCCCC(=O)OC[C@@H](COC(=O)CCCCCCC/C=C\CCCCCCCC)OC(=O)CCCCCCCCCCCCCCCCCC. The number of carbonyl (C=O) groups excluding carboxylic acids is 3. The average molecular weight is 928 g/mol. The number of ether oxygens (including phenoxy) is 3. The van der Waals surface area contributed by atoms with Crippen molar-refractivity contribution in [3.63, 3.8) is 0 Å². The summed E-state index contributed by atoms with van der Waals surface area (Å²) in [6, 6.07) is 0. The van der Waals surface area contributed by atoms with Crippen LogP contribution in [0, 0.1) is 0 Å². The van der Waals surface area contributed by atoms with Crippen LogP contribution in [0.5, 0.6) is 0 Å². The summed E-state index contributed by atoms with van der Waals surface area (Å²) in [6.07, 6.45) is 65.5. The Bertz CT molecular complexity index is 1110.